The smallest absolute Gasteiger partial charge is 0.273 e. The van der Waals surface area contributed by atoms with Crippen molar-refractivity contribution in [3.63, 3.8) is 0 Å². The summed E-state index contributed by atoms with van der Waals surface area (Å²) >= 11 is 0. The fraction of sp³-hybridized carbons (Fsp3) is 0.300. The van der Waals surface area contributed by atoms with Gasteiger partial charge in [0.25, 0.3) is 5.91 Å². The van der Waals surface area contributed by atoms with Gasteiger partial charge in [0.15, 0.2) is 5.69 Å². The highest BCUT2D eigenvalue weighted by Gasteiger charge is 2.10. The van der Waals surface area contributed by atoms with Gasteiger partial charge in [0.05, 0.1) is 25.0 Å². The molecule has 2 heterocycles. The summed E-state index contributed by atoms with van der Waals surface area (Å²) < 4.78 is 1.53. The third kappa shape index (κ3) is 3.08. The van der Waals surface area contributed by atoms with Gasteiger partial charge in [-0.1, -0.05) is 5.21 Å². The molecule has 0 unspecified atom stereocenters. The zero-order valence-corrected chi connectivity index (χ0v) is 9.65. The fourth-order valence-corrected chi connectivity index (χ4v) is 1.33. The summed E-state index contributed by atoms with van der Waals surface area (Å²) in [6.45, 7) is 1.31. The number of amides is 1. The molecule has 3 N–H and O–H groups in total. The van der Waals surface area contributed by atoms with Crippen LogP contribution in [0.5, 0.6) is 0 Å². The predicted octanol–water partition coefficient (Wildman–Crippen LogP) is -1.04. The number of hydrogen-bond donors (Lipinski definition) is 2. The van der Waals surface area contributed by atoms with Crippen molar-refractivity contribution in [3.05, 3.63) is 36.2 Å². The van der Waals surface area contributed by atoms with Crippen LogP contribution in [0, 0.1) is 0 Å². The van der Waals surface area contributed by atoms with E-state index in [1.54, 1.807) is 18.5 Å². The standard InChI is InChI=1S/C10H13N7O/c11-2-4-17-6-9(15-16-17)10(18)13-5-8-1-3-12-7-14-8/h1,3,6-7H,2,4-5,11H2,(H,13,18). The van der Waals surface area contributed by atoms with E-state index in [-0.39, 0.29) is 11.6 Å². The van der Waals surface area contributed by atoms with E-state index < -0.39 is 0 Å². The van der Waals surface area contributed by atoms with Crippen molar-refractivity contribution in [2.45, 2.75) is 13.1 Å². The Labute approximate surface area is 103 Å². The Bertz CT molecular complexity index is 510. The Morgan fingerprint density at radius 3 is 3.11 bits per heavy atom. The van der Waals surface area contributed by atoms with Crippen molar-refractivity contribution in [2.24, 2.45) is 5.73 Å². The van der Waals surface area contributed by atoms with Crippen LogP contribution in [0.2, 0.25) is 0 Å². The van der Waals surface area contributed by atoms with Crippen molar-refractivity contribution >= 4 is 5.91 Å². The number of rotatable bonds is 5. The van der Waals surface area contributed by atoms with Gasteiger partial charge in [0.1, 0.15) is 6.33 Å². The predicted molar refractivity (Wildman–Crippen MR) is 62.3 cm³/mol. The molecular formula is C10H13N7O. The summed E-state index contributed by atoms with van der Waals surface area (Å²) in [5, 5.41) is 10.2. The lowest BCUT2D eigenvalue weighted by Crippen LogP contribution is -2.23. The van der Waals surface area contributed by atoms with E-state index >= 15 is 0 Å². The molecule has 1 amide bonds. The second-order valence-electron chi connectivity index (χ2n) is 3.54. The molecule has 2 aromatic rings. The minimum absolute atomic E-state index is 0.262. The number of hydrogen-bond acceptors (Lipinski definition) is 6. The highest BCUT2D eigenvalue weighted by atomic mass is 16.2. The lowest BCUT2D eigenvalue weighted by molar-refractivity contribution is 0.0945. The number of carbonyl (C=O) groups excluding carboxylic acids is 1. The molecule has 0 atom stereocenters. The second kappa shape index (κ2) is 5.82. The Kier molecular flexibility index (Phi) is 3.92. The van der Waals surface area contributed by atoms with Crippen LogP contribution in [0.4, 0.5) is 0 Å². The zero-order chi connectivity index (χ0) is 12.8. The maximum absolute atomic E-state index is 11.7. The van der Waals surface area contributed by atoms with Gasteiger partial charge in [-0.15, -0.1) is 5.10 Å². The highest BCUT2D eigenvalue weighted by Crippen LogP contribution is 1.95. The monoisotopic (exact) mass is 247 g/mol. The number of carbonyl (C=O) groups is 1. The first-order chi connectivity index (χ1) is 8.79. The van der Waals surface area contributed by atoms with Gasteiger partial charge in [-0.05, 0) is 6.07 Å². The molecule has 2 rings (SSSR count). The lowest BCUT2D eigenvalue weighted by Gasteiger charge is -2.01. The Balaban J connectivity index is 1.91. The van der Waals surface area contributed by atoms with Gasteiger partial charge >= 0.3 is 0 Å². The van der Waals surface area contributed by atoms with Crippen molar-refractivity contribution < 1.29 is 4.79 Å². The molecule has 0 fully saturated rings. The van der Waals surface area contributed by atoms with Crippen molar-refractivity contribution in [2.75, 3.05) is 6.54 Å². The van der Waals surface area contributed by atoms with E-state index in [0.29, 0.717) is 19.6 Å². The molecule has 0 aliphatic rings. The lowest BCUT2D eigenvalue weighted by atomic mass is 10.4. The molecule has 0 saturated heterocycles. The molecule has 0 aliphatic carbocycles. The molecule has 0 spiro atoms. The number of nitrogens with zero attached hydrogens (tertiary/aromatic N) is 5. The average Bonchev–Trinajstić information content (AvgIpc) is 2.86. The Morgan fingerprint density at radius 1 is 1.50 bits per heavy atom. The first-order valence-corrected chi connectivity index (χ1v) is 5.43. The normalized spacial score (nSPS) is 10.3. The highest BCUT2D eigenvalue weighted by molar-refractivity contribution is 5.91. The molecule has 0 aromatic carbocycles. The summed E-state index contributed by atoms with van der Waals surface area (Å²) in [7, 11) is 0. The maximum atomic E-state index is 11.7. The van der Waals surface area contributed by atoms with Gasteiger partial charge in [0, 0.05) is 12.7 Å². The van der Waals surface area contributed by atoms with Crippen LogP contribution in [0.1, 0.15) is 16.2 Å². The molecule has 0 radical (unpaired) electrons. The Hall–Kier alpha value is -2.35. The van der Waals surface area contributed by atoms with E-state index in [2.05, 4.69) is 25.6 Å². The van der Waals surface area contributed by atoms with E-state index in [1.165, 1.54) is 11.0 Å². The number of aromatic nitrogens is 5. The van der Waals surface area contributed by atoms with Crippen molar-refractivity contribution in [1.29, 1.82) is 0 Å². The van der Waals surface area contributed by atoms with Gasteiger partial charge in [-0.25, -0.2) is 9.97 Å². The topological polar surface area (TPSA) is 112 Å². The van der Waals surface area contributed by atoms with Crippen LogP contribution in [0.15, 0.2) is 24.8 Å². The van der Waals surface area contributed by atoms with E-state index in [0.717, 1.165) is 5.69 Å². The largest absolute Gasteiger partial charge is 0.345 e. The van der Waals surface area contributed by atoms with Crippen LogP contribution in [-0.4, -0.2) is 37.4 Å². The molecule has 0 aliphatic heterocycles. The molecule has 0 saturated carbocycles. The number of nitrogens with two attached hydrogens (primary N) is 1. The summed E-state index contributed by atoms with van der Waals surface area (Å²) in [6, 6.07) is 1.73. The minimum atomic E-state index is -0.295. The van der Waals surface area contributed by atoms with Crippen LogP contribution in [0.3, 0.4) is 0 Å². The van der Waals surface area contributed by atoms with Gasteiger partial charge < -0.3 is 11.1 Å². The SMILES string of the molecule is NCCn1cc(C(=O)NCc2ccncn2)nn1. The van der Waals surface area contributed by atoms with Gasteiger partial charge in [-0.2, -0.15) is 0 Å². The Morgan fingerprint density at radius 2 is 2.39 bits per heavy atom. The summed E-state index contributed by atoms with van der Waals surface area (Å²) in [5.74, 6) is -0.295. The fourth-order valence-electron chi connectivity index (χ4n) is 1.33. The summed E-state index contributed by atoms with van der Waals surface area (Å²) in [5.41, 5.74) is 6.37. The van der Waals surface area contributed by atoms with Crippen LogP contribution < -0.4 is 11.1 Å². The van der Waals surface area contributed by atoms with Gasteiger partial charge in [0.2, 0.25) is 0 Å². The summed E-state index contributed by atoms with van der Waals surface area (Å²) in [4.78, 5) is 19.5. The van der Waals surface area contributed by atoms with Crippen LogP contribution in [0.25, 0.3) is 0 Å². The first-order valence-electron chi connectivity index (χ1n) is 5.43. The maximum Gasteiger partial charge on any atom is 0.273 e. The second-order valence-corrected chi connectivity index (χ2v) is 3.54. The molecule has 2 aromatic heterocycles. The van der Waals surface area contributed by atoms with Crippen molar-refractivity contribution in [1.82, 2.24) is 30.3 Å². The zero-order valence-electron chi connectivity index (χ0n) is 9.65. The van der Waals surface area contributed by atoms with E-state index in [9.17, 15) is 4.79 Å². The minimum Gasteiger partial charge on any atom is -0.345 e. The molecule has 8 heteroatoms. The van der Waals surface area contributed by atoms with Crippen LogP contribution in [-0.2, 0) is 13.1 Å². The summed E-state index contributed by atoms with van der Waals surface area (Å²) in [6.07, 6.45) is 4.60. The van der Waals surface area contributed by atoms with Crippen LogP contribution >= 0.6 is 0 Å². The molecule has 94 valence electrons. The third-order valence-electron chi connectivity index (χ3n) is 2.20. The van der Waals surface area contributed by atoms with Gasteiger partial charge in [-0.3, -0.25) is 9.48 Å². The molecule has 0 bridgehead atoms. The molecule has 8 nitrogen and oxygen atoms in total. The first kappa shape index (κ1) is 12.1. The molecule has 18 heavy (non-hydrogen) atoms. The average molecular weight is 247 g/mol. The number of nitrogens with one attached hydrogen (secondary N) is 1. The van der Waals surface area contributed by atoms with E-state index in [1.807, 2.05) is 0 Å². The van der Waals surface area contributed by atoms with E-state index in [4.69, 9.17) is 5.73 Å². The quantitative estimate of drug-likeness (QED) is 0.697. The molecular weight excluding hydrogens is 234 g/mol. The third-order valence-corrected chi connectivity index (χ3v) is 2.20. The van der Waals surface area contributed by atoms with Crippen molar-refractivity contribution in [3.8, 4) is 0 Å².